The van der Waals surface area contributed by atoms with Gasteiger partial charge in [-0.3, -0.25) is 20.2 Å². The molecular weight excluding hydrogens is 328 g/mol. The van der Waals surface area contributed by atoms with Gasteiger partial charge < -0.3 is 10.6 Å². The first-order valence-corrected chi connectivity index (χ1v) is 9.38. The minimum absolute atomic E-state index is 0.222. The molecule has 0 saturated heterocycles. The zero-order chi connectivity index (χ0) is 16.8. The highest BCUT2D eigenvalue weighted by Gasteiger charge is 2.08. The van der Waals surface area contributed by atoms with Gasteiger partial charge in [-0.15, -0.1) is 0 Å². The van der Waals surface area contributed by atoms with E-state index in [1.54, 1.807) is 13.8 Å². The van der Waals surface area contributed by atoms with Gasteiger partial charge in [0, 0.05) is 37.4 Å². The maximum absolute atomic E-state index is 11.3. The molecule has 0 saturated carbocycles. The highest BCUT2D eigenvalue weighted by molar-refractivity contribution is 8.76. The van der Waals surface area contributed by atoms with Crippen LogP contribution in [0.2, 0.25) is 0 Å². The molecule has 126 valence electrons. The van der Waals surface area contributed by atoms with Crippen molar-refractivity contribution in [3.8, 4) is 0 Å². The maximum Gasteiger partial charge on any atom is 0.321 e. The molecule has 0 atom stereocenters. The van der Waals surface area contributed by atoms with Gasteiger partial charge in [-0.05, 0) is 13.8 Å². The fourth-order valence-electron chi connectivity index (χ4n) is 1.17. The van der Waals surface area contributed by atoms with E-state index in [2.05, 4.69) is 21.3 Å². The summed E-state index contributed by atoms with van der Waals surface area (Å²) in [4.78, 5) is 44.8. The normalized spacial score (nSPS) is 9.73. The first kappa shape index (κ1) is 20.6. The van der Waals surface area contributed by atoms with E-state index >= 15 is 0 Å². The highest BCUT2D eigenvalue weighted by atomic mass is 33.1. The molecule has 0 fully saturated rings. The molecule has 0 aliphatic heterocycles. The number of amides is 6. The quantitative estimate of drug-likeness (QED) is 0.362. The maximum atomic E-state index is 11.3. The Kier molecular flexibility index (Phi) is 12.4. The molecule has 0 rings (SSSR count). The average molecular weight is 350 g/mol. The van der Waals surface area contributed by atoms with E-state index < -0.39 is 12.1 Å². The summed E-state index contributed by atoms with van der Waals surface area (Å²) in [5, 5.41) is 9.34. The van der Waals surface area contributed by atoms with Gasteiger partial charge in [0.05, 0.1) is 0 Å². The van der Waals surface area contributed by atoms with Crippen LogP contribution in [0.15, 0.2) is 0 Å². The molecule has 0 aliphatic rings. The second kappa shape index (κ2) is 13.3. The van der Waals surface area contributed by atoms with Crippen molar-refractivity contribution in [2.75, 3.05) is 24.6 Å². The lowest BCUT2D eigenvalue weighted by molar-refractivity contribution is -0.120. The third kappa shape index (κ3) is 12.3. The number of imide groups is 2. The minimum atomic E-state index is -0.493. The van der Waals surface area contributed by atoms with Crippen LogP contribution in [-0.2, 0) is 9.59 Å². The van der Waals surface area contributed by atoms with Crippen LogP contribution in [0.1, 0.15) is 26.7 Å². The number of carbonyl (C=O) groups excluding carboxylic acids is 4. The lowest BCUT2D eigenvalue weighted by Gasteiger charge is -2.05. The zero-order valence-electron chi connectivity index (χ0n) is 12.7. The summed E-state index contributed by atoms with van der Waals surface area (Å²) < 4.78 is 0. The smallest absolute Gasteiger partial charge is 0.321 e. The van der Waals surface area contributed by atoms with Crippen molar-refractivity contribution in [3.63, 3.8) is 0 Å². The van der Waals surface area contributed by atoms with Gasteiger partial charge in [0.25, 0.3) is 0 Å². The number of rotatable bonds is 9. The predicted octanol–water partition coefficient (Wildman–Crippen LogP) is 0.839. The molecule has 0 spiro atoms. The zero-order valence-corrected chi connectivity index (χ0v) is 14.3. The Morgan fingerprint density at radius 3 is 1.41 bits per heavy atom. The number of urea groups is 2. The summed E-state index contributed by atoms with van der Waals surface area (Å²) in [5.41, 5.74) is 0. The first-order valence-electron chi connectivity index (χ1n) is 6.89. The molecule has 0 aromatic carbocycles. The summed E-state index contributed by atoms with van der Waals surface area (Å²) in [7, 11) is 2.87. The second-order valence-electron chi connectivity index (χ2n) is 3.96. The Morgan fingerprint density at radius 1 is 0.727 bits per heavy atom. The fourth-order valence-corrected chi connectivity index (χ4v) is 3.15. The van der Waals surface area contributed by atoms with E-state index in [1.807, 2.05) is 0 Å². The molecule has 0 bridgehead atoms. The van der Waals surface area contributed by atoms with E-state index in [1.165, 1.54) is 21.6 Å². The van der Waals surface area contributed by atoms with Crippen molar-refractivity contribution in [2.45, 2.75) is 26.7 Å². The lowest BCUT2D eigenvalue weighted by Crippen LogP contribution is -2.39. The van der Waals surface area contributed by atoms with Crippen LogP contribution in [-0.4, -0.2) is 48.5 Å². The number of hydrogen-bond donors (Lipinski definition) is 4. The Bertz CT molecular complexity index is 357. The Hall–Kier alpha value is -1.42. The van der Waals surface area contributed by atoms with E-state index in [0.29, 0.717) is 24.6 Å². The van der Waals surface area contributed by atoms with E-state index in [0.717, 1.165) is 0 Å². The van der Waals surface area contributed by atoms with Crippen LogP contribution in [0.5, 0.6) is 0 Å². The van der Waals surface area contributed by atoms with E-state index in [9.17, 15) is 19.2 Å². The van der Waals surface area contributed by atoms with Gasteiger partial charge in [-0.1, -0.05) is 21.6 Å². The molecule has 22 heavy (non-hydrogen) atoms. The highest BCUT2D eigenvalue weighted by Crippen LogP contribution is 2.22. The lowest BCUT2D eigenvalue weighted by atomic mass is 10.4. The van der Waals surface area contributed by atoms with Gasteiger partial charge in [0.15, 0.2) is 0 Å². The van der Waals surface area contributed by atoms with Gasteiger partial charge in [-0.2, -0.15) is 0 Å². The third-order valence-electron chi connectivity index (χ3n) is 2.09. The fraction of sp³-hybridized carbons (Fsp3) is 0.667. The molecular formula is C12H22N4O4S2. The number of carbonyl (C=O) groups is 4. The molecule has 6 amide bonds. The van der Waals surface area contributed by atoms with Crippen LogP contribution in [0.3, 0.4) is 0 Å². The van der Waals surface area contributed by atoms with Crippen molar-refractivity contribution in [2.24, 2.45) is 0 Å². The Labute approximate surface area is 137 Å². The molecule has 0 aliphatic carbocycles. The standard InChI is InChI=1S/C12H22N4O4S2/c1-3-13-11(19)15-9(17)5-7-21-22-8-6-10(18)16-12(20)14-4-2/h3-8H2,1-2H3,(H2,13,15,17,19)(H2,14,16,18,20). The third-order valence-corrected chi connectivity index (χ3v) is 4.50. The van der Waals surface area contributed by atoms with Gasteiger partial charge in [0.2, 0.25) is 11.8 Å². The number of hydrogen-bond acceptors (Lipinski definition) is 6. The van der Waals surface area contributed by atoms with Gasteiger partial charge >= 0.3 is 12.1 Å². The summed E-state index contributed by atoms with van der Waals surface area (Å²) in [6.07, 6.45) is 0.444. The largest absolute Gasteiger partial charge is 0.338 e. The van der Waals surface area contributed by atoms with E-state index in [-0.39, 0.29) is 24.7 Å². The topological polar surface area (TPSA) is 116 Å². The average Bonchev–Trinajstić information content (AvgIpc) is 2.42. The monoisotopic (exact) mass is 350 g/mol. The molecule has 8 nitrogen and oxygen atoms in total. The van der Waals surface area contributed by atoms with Crippen LogP contribution in [0.4, 0.5) is 9.59 Å². The Morgan fingerprint density at radius 2 is 1.09 bits per heavy atom. The van der Waals surface area contributed by atoms with Crippen molar-refractivity contribution in [1.29, 1.82) is 0 Å². The summed E-state index contributed by atoms with van der Waals surface area (Å²) in [5.74, 6) is 0.392. The summed E-state index contributed by atoms with van der Waals surface area (Å²) >= 11 is 0. The first-order chi connectivity index (χ1) is 10.5. The Balaban J connectivity index is 3.53. The van der Waals surface area contributed by atoms with Crippen molar-refractivity contribution < 1.29 is 19.2 Å². The summed E-state index contributed by atoms with van der Waals surface area (Å²) in [6, 6.07) is -0.987. The van der Waals surface area contributed by atoms with Crippen molar-refractivity contribution in [1.82, 2.24) is 21.3 Å². The molecule has 4 N–H and O–H groups in total. The predicted molar refractivity (Wildman–Crippen MR) is 88.6 cm³/mol. The molecule has 0 unspecified atom stereocenters. The molecule has 10 heteroatoms. The van der Waals surface area contributed by atoms with Gasteiger partial charge in [-0.25, -0.2) is 9.59 Å². The van der Waals surface area contributed by atoms with Crippen LogP contribution >= 0.6 is 21.6 Å². The molecule has 0 heterocycles. The molecule has 0 aromatic rings. The minimum Gasteiger partial charge on any atom is -0.338 e. The number of nitrogens with one attached hydrogen (secondary N) is 4. The SMILES string of the molecule is CCNC(=O)NC(=O)CCSSCCC(=O)NC(=O)NCC. The van der Waals surface area contributed by atoms with Crippen LogP contribution < -0.4 is 21.3 Å². The second-order valence-corrected chi connectivity index (χ2v) is 6.66. The molecule has 0 aromatic heterocycles. The van der Waals surface area contributed by atoms with Gasteiger partial charge in [0.1, 0.15) is 0 Å². The van der Waals surface area contributed by atoms with E-state index in [4.69, 9.17) is 0 Å². The molecule has 0 radical (unpaired) electrons. The van der Waals surface area contributed by atoms with Crippen LogP contribution in [0.25, 0.3) is 0 Å². The van der Waals surface area contributed by atoms with Crippen LogP contribution in [0, 0.1) is 0 Å². The van der Waals surface area contributed by atoms with Crippen molar-refractivity contribution in [3.05, 3.63) is 0 Å². The van der Waals surface area contributed by atoms with Crippen molar-refractivity contribution >= 4 is 45.5 Å². The summed E-state index contributed by atoms with van der Waals surface area (Å²) in [6.45, 7) is 4.45.